The second-order valence-electron chi connectivity index (χ2n) is 5.25. The van der Waals surface area contributed by atoms with E-state index in [1.165, 1.54) is 0 Å². The number of methoxy groups -OCH3 is 1. The zero-order chi connectivity index (χ0) is 16.8. The van der Waals surface area contributed by atoms with Crippen LogP contribution >= 0.6 is 0 Å². The van der Waals surface area contributed by atoms with Gasteiger partial charge >= 0.3 is 0 Å². The summed E-state index contributed by atoms with van der Waals surface area (Å²) in [5, 5.41) is 14.8. The van der Waals surface area contributed by atoms with Crippen molar-refractivity contribution in [1.82, 2.24) is 0 Å². The third-order valence-electron chi connectivity index (χ3n) is 3.38. The number of anilines is 2. The molecule has 5 heteroatoms. The van der Waals surface area contributed by atoms with E-state index in [0.717, 1.165) is 11.3 Å². The molecule has 0 bridgehead atoms. The fourth-order valence-corrected chi connectivity index (χ4v) is 2.15. The van der Waals surface area contributed by atoms with Gasteiger partial charge in [0, 0.05) is 5.69 Å². The molecule has 23 heavy (non-hydrogen) atoms. The predicted molar refractivity (Wildman–Crippen MR) is 90.6 cm³/mol. The van der Waals surface area contributed by atoms with Gasteiger partial charge in [0.15, 0.2) is 0 Å². The van der Waals surface area contributed by atoms with E-state index in [9.17, 15) is 4.79 Å². The number of amides is 1. The van der Waals surface area contributed by atoms with Crippen molar-refractivity contribution in [2.24, 2.45) is 0 Å². The molecule has 0 saturated carbocycles. The normalized spacial score (nSPS) is 11.2. The van der Waals surface area contributed by atoms with Crippen molar-refractivity contribution in [3.05, 3.63) is 53.6 Å². The van der Waals surface area contributed by atoms with Gasteiger partial charge in [-0.05, 0) is 49.7 Å². The van der Waals surface area contributed by atoms with Crippen LogP contribution in [0.3, 0.4) is 0 Å². The molecule has 0 radical (unpaired) electrons. The molecule has 118 valence electrons. The summed E-state index contributed by atoms with van der Waals surface area (Å²) in [6, 6.07) is 14.1. The Hall–Kier alpha value is -3.00. The minimum Gasteiger partial charge on any atom is -0.495 e. The van der Waals surface area contributed by atoms with Crippen molar-refractivity contribution >= 4 is 17.3 Å². The molecule has 0 spiro atoms. The summed E-state index contributed by atoms with van der Waals surface area (Å²) < 4.78 is 5.30. The highest BCUT2D eigenvalue weighted by Crippen LogP contribution is 2.26. The number of nitriles is 1. The molecule has 0 aliphatic carbocycles. The zero-order valence-corrected chi connectivity index (χ0v) is 13.4. The van der Waals surface area contributed by atoms with Crippen LogP contribution in [0.1, 0.15) is 18.1 Å². The average molecular weight is 309 g/mol. The third kappa shape index (κ3) is 4.24. The van der Waals surface area contributed by atoms with Crippen molar-refractivity contribution in [3.63, 3.8) is 0 Å². The molecule has 2 rings (SSSR count). The molecule has 1 atom stereocenters. The SMILES string of the molecule is COc1ccc(C)cc1NC(C)C(=O)Nc1cccc(C#N)c1. The minimum atomic E-state index is -0.462. The van der Waals surface area contributed by atoms with E-state index in [2.05, 4.69) is 10.6 Å². The van der Waals surface area contributed by atoms with Gasteiger partial charge in [-0.1, -0.05) is 12.1 Å². The summed E-state index contributed by atoms with van der Waals surface area (Å²) in [6.45, 7) is 3.74. The number of aryl methyl sites for hydroxylation is 1. The number of hydrogen-bond donors (Lipinski definition) is 2. The maximum absolute atomic E-state index is 12.3. The molecule has 0 saturated heterocycles. The number of rotatable bonds is 5. The van der Waals surface area contributed by atoms with Gasteiger partial charge in [0.05, 0.1) is 24.4 Å². The molecule has 0 aliphatic rings. The number of carbonyl (C=O) groups is 1. The standard InChI is InChI=1S/C18H19N3O2/c1-12-7-8-17(23-3)16(9-12)20-13(2)18(22)21-15-6-4-5-14(10-15)11-19/h4-10,13,20H,1-3H3,(H,21,22). The van der Waals surface area contributed by atoms with Crippen LogP contribution < -0.4 is 15.4 Å². The van der Waals surface area contributed by atoms with Crippen LogP contribution in [0, 0.1) is 18.3 Å². The van der Waals surface area contributed by atoms with Crippen LogP contribution in [0.2, 0.25) is 0 Å². The molecule has 2 N–H and O–H groups in total. The topological polar surface area (TPSA) is 74.2 Å². The molecule has 5 nitrogen and oxygen atoms in total. The Balaban J connectivity index is 2.08. The van der Waals surface area contributed by atoms with E-state index in [1.807, 2.05) is 31.2 Å². The monoisotopic (exact) mass is 309 g/mol. The lowest BCUT2D eigenvalue weighted by Gasteiger charge is -2.18. The van der Waals surface area contributed by atoms with E-state index < -0.39 is 6.04 Å². The molecular formula is C18H19N3O2. The van der Waals surface area contributed by atoms with Crippen LogP contribution in [-0.4, -0.2) is 19.1 Å². The van der Waals surface area contributed by atoms with Crippen molar-refractivity contribution in [1.29, 1.82) is 5.26 Å². The Kier molecular flexibility index (Phi) is 5.21. The summed E-state index contributed by atoms with van der Waals surface area (Å²) in [5.74, 6) is 0.491. The fourth-order valence-electron chi connectivity index (χ4n) is 2.15. The molecule has 0 aliphatic heterocycles. The molecule has 0 heterocycles. The van der Waals surface area contributed by atoms with Gasteiger partial charge in [0.2, 0.25) is 5.91 Å². The Morgan fingerprint density at radius 2 is 2.04 bits per heavy atom. The number of hydrogen-bond acceptors (Lipinski definition) is 4. The van der Waals surface area contributed by atoms with Gasteiger partial charge in [-0.15, -0.1) is 0 Å². The first-order valence-electron chi connectivity index (χ1n) is 7.25. The summed E-state index contributed by atoms with van der Waals surface area (Å²) >= 11 is 0. The first kappa shape index (κ1) is 16.4. The summed E-state index contributed by atoms with van der Waals surface area (Å²) in [7, 11) is 1.59. The number of nitrogens with zero attached hydrogens (tertiary/aromatic N) is 1. The van der Waals surface area contributed by atoms with E-state index >= 15 is 0 Å². The molecule has 0 fully saturated rings. The van der Waals surface area contributed by atoms with Crippen LogP contribution in [0.15, 0.2) is 42.5 Å². The van der Waals surface area contributed by atoms with Gasteiger partial charge in [-0.3, -0.25) is 4.79 Å². The number of carbonyl (C=O) groups excluding carboxylic acids is 1. The van der Waals surface area contributed by atoms with Crippen molar-refractivity contribution in [3.8, 4) is 11.8 Å². The molecule has 0 aromatic heterocycles. The maximum Gasteiger partial charge on any atom is 0.246 e. The summed E-state index contributed by atoms with van der Waals surface area (Å²) in [6.07, 6.45) is 0. The van der Waals surface area contributed by atoms with Crippen LogP contribution in [0.4, 0.5) is 11.4 Å². The Bertz CT molecular complexity index is 750. The summed E-state index contributed by atoms with van der Waals surface area (Å²) in [5.41, 5.74) is 2.94. The van der Waals surface area contributed by atoms with Crippen LogP contribution in [0.5, 0.6) is 5.75 Å². The average Bonchev–Trinajstić information content (AvgIpc) is 2.55. The highest BCUT2D eigenvalue weighted by Gasteiger charge is 2.15. The fraction of sp³-hybridized carbons (Fsp3) is 0.222. The highest BCUT2D eigenvalue weighted by molar-refractivity contribution is 5.96. The maximum atomic E-state index is 12.3. The van der Waals surface area contributed by atoms with Crippen LogP contribution in [-0.2, 0) is 4.79 Å². The number of ether oxygens (including phenoxy) is 1. The minimum absolute atomic E-state index is 0.191. The highest BCUT2D eigenvalue weighted by atomic mass is 16.5. The zero-order valence-electron chi connectivity index (χ0n) is 13.4. The number of nitrogens with one attached hydrogen (secondary N) is 2. The molecular weight excluding hydrogens is 290 g/mol. The van der Waals surface area contributed by atoms with Gasteiger partial charge in [0.1, 0.15) is 11.8 Å². The lowest BCUT2D eigenvalue weighted by atomic mass is 10.1. The molecule has 1 unspecified atom stereocenters. The third-order valence-corrected chi connectivity index (χ3v) is 3.38. The predicted octanol–water partition coefficient (Wildman–Crippen LogP) is 3.31. The molecule has 2 aromatic rings. The van der Waals surface area contributed by atoms with Crippen molar-refractivity contribution < 1.29 is 9.53 Å². The van der Waals surface area contributed by atoms with Gasteiger partial charge < -0.3 is 15.4 Å². The Morgan fingerprint density at radius 1 is 1.26 bits per heavy atom. The lowest BCUT2D eigenvalue weighted by molar-refractivity contribution is -0.116. The van der Waals surface area contributed by atoms with E-state index in [-0.39, 0.29) is 5.91 Å². The van der Waals surface area contributed by atoms with Gasteiger partial charge in [0.25, 0.3) is 0 Å². The molecule has 1 amide bonds. The second-order valence-corrected chi connectivity index (χ2v) is 5.25. The number of benzene rings is 2. The summed E-state index contributed by atoms with van der Waals surface area (Å²) in [4.78, 5) is 12.3. The smallest absolute Gasteiger partial charge is 0.246 e. The van der Waals surface area contributed by atoms with E-state index in [0.29, 0.717) is 17.0 Å². The van der Waals surface area contributed by atoms with Crippen molar-refractivity contribution in [2.75, 3.05) is 17.7 Å². The first-order valence-corrected chi connectivity index (χ1v) is 7.25. The van der Waals surface area contributed by atoms with E-state index in [1.54, 1.807) is 38.3 Å². The Labute approximate surface area is 135 Å². The quantitative estimate of drug-likeness (QED) is 0.888. The van der Waals surface area contributed by atoms with Gasteiger partial charge in [-0.25, -0.2) is 0 Å². The van der Waals surface area contributed by atoms with Crippen LogP contribution in [0.25, 0.3) is 0 Å². The molecule has 2 aromatic carbocycles. The van der Waals surface area contributed by atoms with E-state index in [4.69, 9.17) is 10.00 Å². The Morgan fingerprint density at radius 3 is 2.74 bits per heavy atom. The van der Waals surface area contributed by atoms with Gasteiger partial charge in [-0.2, -0.15) is 5.26 Å². The first-order chi connectivity index (χ1) is 11.0. The second kappa shape index (κ2) is 7.32. The lowest BCUT2D eigenvalue weighted by Crippen LogP contribution is -2.32. The van der Waals surface area contributed by atoms with Crippen molar-refractivity contribution in [2.45, 2.75) is 19.9 Å². The largest absolute Gasteiger partial charge is 0.495 e.